The predicted molar refractivity (Wildman–Crippen MR) is 69.6 cm³/mol. The van der Waals surface area contributed by atoms with E-state index in [2.05, 4.69) is 15.0 Å². The number of halogens is 3. The first kappa shape index (κ1) is 17.1. The molecule has 21 heavy (non-hydrogen) atoms. The first-order valence-corrected chi connectivity index (χ1v) is 6.21. The van der Waals surface area contributed by atoms with Crippen molar-refractivity contribution in [2.24, 2.45) is 0 Å². The maximum absolute atomic E-state index is 12.9. The van der Waals surface area contributed by atoms with Crippen LogP contribution in [0.4, 0.5) is 13.2 Å². The van der Waals surface area contributed by atoms with Crippen LogP contribution in [0.3, 0.4) is 0 Å². The molecule has 1 unspecified atom stereocenters. The van der Waals surface area contributed by atoms with Gasteiger partial charge in [-0.1, -0.05) is 0 Å². The zero-order valence-electron chi connectivity index (χ0n) is 11.6. The molecule has 0 saturated carbocycles. The molecule has 5 nitrogen and oxygen atoms in total. The molecule has 1 atom stereocenters. The lowest BCUT2D eigenvalue weighted by Gasteiger charge is -2.27. The van der Waals surface area contributed by atoms with Gasteiger partial charge in [-0.15, -0.1) is 0 Å². The molecule has 0 aromatic carbocycles. The van der Waals surface area contributed by atoms with E-state index in [1.165, 1.54) is 6.20 Å². The zero-order chi connectivity index (χ0) is 16.1. The first-order chi connectivity index (χ1) is 9.71. The SMILES string of the molecule is CCOC=CC(O)(CNC(=O)c1c[nH]cc1C)C(F)(F)F. The van der Waals surface area contributed by atoms with Crippen molar-refractivity contribution in [2.75, 3.05) is 13.2 Å². The molecule has 0 radical (unpaired) electrons. The topological polar surface area (TPSA) is 74.3 Å². The van der Waals surface area contributed by atoms with Crippen LogP contribution in [0, 0.1) is 6.92 Å². The van der Waals surface area contributed by atoms with Crippen LogP contribution in [0.15, 0.2) is 24.7 Å². The summed E-state index contributed by atoms with van der Waals surface area (Å²) in [6.07, 6.45) is -0.795. The van der Waals surface area contributed by atoms with Gasteiger partial charge in [-0.2, -0.15) is 13.2 Å². The second-order valence-electron chi connectivity index (χ2n) is 4.41. The lowest BCUT2D eigenvalue weighted by Crippen LogP contribution is -2.52. The summed E-state index contributed by atoms with van der Waals surface area (Å²) >= 11 is 0. The van der Waals surface area contributed by atoms with Crippen LogP contribution in [-0.4, -0.2) is 40.9 Å². The third-order valence-electron chi connectivity index (χ3n) is 2.81. The van der Waals surface area contributed by atoms with E-state index in [0.29, 0.717) is 11.6 Å². The molecule has 1 aromatic rings. The lowest BCUT2D eigenvalue weighted by molar-refractivity contribution is -0.237. The number of aliphatic hydroxyl groups is 1. The number of alkyl halides is 3. The molecule has 0 fully saturated rings. The second-order valence-corrected chi connectivity index (χ2v) is 4.41. The maximum Gasteiger partial charge on any atom is 0.422 e. The Bertz CT molecular complexity index is 511. The number of rotatable bonds is 6. The van der Waals surface area contributed by atoms with Crippen molar-refractivity contribution in [3.63, 3.8) is 0 Å². The largest absolute Gasteiger partial charge is 0.502 e. The fourth-order valence-electron chi connectivity index (χ4n) is 1.51. The molecule has 0 bridgehead atoms. The smallest absolute Gasteiger partial charge is 0.422 e. The minimum absolute atomic E-state index is 0.166. The highest BCUT2D eigenvalue weighted by molar-refractivity contribution is 5.95. The molecule has 0 aliphatic rings. The summed E-state index contributed by atoms with van der Waals surface area (Å²) in [6, 6.07) is 0. The summed E-state index contributed by atoms with van der Waals surface area (Å²) in [5.41, 5.74) is -2.39. The number of carbonyl (C=O) groups excluding carboxylic acids is 1. The number of aromatic amines is 1. The number of amides is 1. The minimum Gasteiger partial charge on any atom is -0.502 e. The number of aromatic nitrogens is 1. The van der Waals surface area contributed by atoms with E-state index >= 15 is 0 Å². The van der Waals surface area contributed by atoms with Gasteiger partial charge in [0.2, 0.25) is 0 Å². The van der Waals surface area contributed by atoms with Crippen LogP contribution in [0.1, 0.15) is 22.8 Å². The summed E-state index contributed by atoms with van der Waals surface area (Å²) in [4.78, 5) is 14.4. The molecule has 1 heterocycles. The van der Waals surface area contributed by atoms with E-state index in [9.17, 15) is 23.1 Å². The third-order valence-corrected chi connectivity index (χ3v) is 2.81. The molecule has 118 valence electrons. The van der Waals surface area contributed by atoms with Gasteiger partial charge in [0.15, 0.2) is 5.60 Å². The van der Waals surface area contributed by atoms with Gasteiger partial charge >= 0.3 is 6.18 Å². The lowest BCUT2D eigenvalue weighted by atomic mass is 10.0. The quantitative estimate of drug-likeness (QED) is 0.703. The molecular formula is C13H17F3N2O3. The van der Waals surface area contributed by atoms with Crippen molar-refractivity contribution in [1.82, 2.24) is 10.3 Å². The minimum atomic E-state index is -4.94. The first-order valence-electron chi connectivity index (χ1n) is 6.21. The molecule has 0 saturated heterocycles. The van der Waals surface area contributed by atoms with Crippen LogP contribution in [0.5, 0.6) is 0 Å². The van der Waals surface area contributed by atoms with Gasteiger partial charge in [0.25, 0.3) is 5.91 Å². The van der Waals surface area contributed by atoms with E-state index in [1.807, 2.05) is 0 Å². The van der Waals surface area contributed by atoms with E-state index in [-0.39, 0.29) is 12.2 Å². The van der Waals surface area contributed by atoms with E-state index in [0.717, 1.165) is 6.26 Å². The molecule has 1 aromatic heterocycles. The molecule has 0 aliphatic heterocycles. The third kappa shape index (κ3) is 4.25. The number of ether oxygens (including phenoxy) is 1. The predicted octanol–water partition coefficient (Wildman–Crippen LogP) is 1.90. The summed E-state index contributed by atoms with van der Waals surface area (Å²) in [7, 11) is 0. The van der Waals surface area contributed by atoms with Gasteiger partial charge in [0.05, 0.1) is 25.0 Å². The van der Waals surface area contributed by atoms with Gasteiger partial charge in [-0.05, 0) is 25.5 Å². The maximum atomic E-state index is 12.9. The molecule has 3 N–H and O–H groups in total. The van der Waals surface area contributed by atoms with Crippen LogP contribution in [0.25, 0.3) is 0 Å². The van der Waals surface area contributed by atoms with Gasteiger partial charge in [-0.25, -0.2) is 0 Å². The molecular weight excluding hydrogens is 289 g/mol. The molecule has 0 aliphatic carbocycles. The van der Waals surface area contributed by atoms with E-state index in [1.54, 1.807) is 20.0 Å². The Morgan fingerprint density at radius 1 is 1.48 bits per heavy atom. The van der Waals surface area contributed by atoms with Crippen molar-refractivity contribution in [1.29, 1.82) is 0 Å². The Hall–Kier alpha value is -1.96. The van der Waals surface area contributed by atoms with E-state index < -0.39 is 24.2 Å². The molecule has 8 heteroatoms. The van der Waals surface area contributed by atoms with Crippen molar-refractivity contribution in [2.45, 2.75) is 25.6 Å². The van der Waals surface area contributed by atoms with Gasteiger partial charge in [-0.3, -0.25) is 4.79 Å². The zero-order valence-corrected chi connectivity index (χ0v) is 11.6. The molecule has 0 spiro atoms. The number of aryl methyl sites for hydroxylation is 1. The summed E-state index contributed by atoms with van der Waals surface area (Å²) in [5.74, 6) is -0.707. The number of hydrogen-bond donors (Lipinski definition) is 3. The fraction of sp³-hybridized carbons (Fsp3) is 0.462. The summed E-state index contributed by atoms with van der Waals surface area (Å²) in [6.45, 7) is 2.38. The Kier molecular flexibility index (Phi) is 5.42. The molecule has 1 rings (SSSR count). The second kappa shape index (κ2) is 6.66. The Balaban J connectivity index is 2.79. The monoisotopic (exact) mass is 306 g/mol. The van der Waals surface area contributed by atoms with E-state index in [4.69, 9.17) is 0 Å². The number of hydrogen-bond acceptors (Lipinski definition) is 3. The number of nitrogens with one attached hydrogen (secondary N) is 2. The summed E-state index contributed by atoms with van der Waals surface area (Å²) in [5, 5.41) is 11.7. The normalized spacial score (nSPS) is 15.0. The van der Waals surface area contributed by atoms with Crippen LogP contribution >= 0.6 is 0 Å². The highest BCUT2D eigenvalue weighted by Gasteiger charge is 2.52. The Morgan fingerprint density at radius 3 is 2.62 bits per heavy atom. The van der Waals surface area contributed by atoms with Gasteiger partial charge in [0, 0.05) is 12.4 Å². The van der Waals surface area contributed by atoms with Crippen molar-refractivity contribution >= 4 is 5.91 Å². The highest BCUT2D eigenvalue weighted by atomic mass is 19.4. The standard InChI is InChI=1S/C13H17F3N2O3/c1-3-21-5-4-12(20,13(14,15)16)8-18-11(19)10-7-17-6-9(10)2/h4-7,17,20H,3,8H2,1-2H3,(H,18,19). The Morgan fingerprint density at radius 2 is 2.14 bits per heavy atom. The number of carbonyl (C=O) groups is 1. The van der Waals surface area contributed by atoms with Gasteiger partial charge < -0.3 is 20.1 Å². The van der Waals surface area contributed by atoms with Crippen molar-refractivity contribution in [3.05, 3.63) is 35.9 Å². The van der Waals surface area contributed by atoms with Crippen LogP contribution in [0.2, 0.25) is 0 Å². The fourth-order valence-corrected chi connectivity index (χ4v) is 1.51. The van der Waals surface area contributed by atoms with Crippen LogP contribution in [-0.2, 0) is 4.74 Å². The molecule has 1 amide bonds. The summed E-state index contributed by atoms with van der Waals surface area (Å²) < 4.78 is 43.3. The van der Waals surface area contributed by atoms with Gasteiger partial charge in [0.1, 0.15) is 0 Å². The van der Waals surface area contributed by atoms with Crippen molar-refractivity contribution in [3.8, 4) is 0 Å². The average Bonchev–Trinajstić information content (AvgIpc) is 2.81. The Labute approximate surface area is 119 Å². The van der Waals surface area contributed by atoms with Crippen LogP contribution < -0.4 is 5.32 Å². The number of H-pyrrole nitrogens is 1. The average molecular weight is 306 g/mol. The van der Waals surface area contributed by atoms with Crippen molar-refractivity contribution < 1.29 is 27.8 Å². The highest BCUT2D eigenvalue weighted by Crippen LogP contribution is 2.31.